The van der Waals surface area contributed by atoms with Gasteiger partial charge in [-0.25, -0.2) is 0 Å². The van der Waals surface area contributed by atoms with Gasteiger partial charge in [-0.05, 0) is 30.0 Å². The van der Waals surface area contributed by atoms with Crippen LogP contribution in [0.4, 0.5) is 0 Å². The number of esters is 1. The molecule has 4 nitrogen and oxygen atoms in total. The van der Waals surface area contributed by atoms with Gasteiger partial charge < -0.3 is 14.2 Å². The molecule has 2 rings (SSSR count). The molecule has 0 fully saturated rings. The van der Waals surface area contributed by atoms with E-state index < -0.39 is 0 Å². The minimum Gasteiger partial charge on any atom is -0.461 e. The third-order valence-electron chi connectivity index (χ3n) is 3.50. The summed E-state index contributed by atoms with van der Waals surface area (Å²) in [6, 6.07) is 5.60. The van der Waals surface area contributed by atoms with Crippen molar-refractivity contribution >= 4 is 5.97 Å². The lowest BCUT2D eigenvalue weighted by molar-refractivity contribution is -0.145. The molecule has 0 aliphatic carbocycles. The standard InChI is InChI=1S/C17H24O4/c1-13(2)6-4-3-5-7-17(18)19-11-14-8-9-15-16(10-14)21-12-20-15/h8-10,13H,3-7,11-12H2,1-2H3. The molecule has 0 aromatic heterocycles. The number of carbonyl (C=O) groups excluding carboxylic acids is 1. The van der Waals surface area contributed by atoms with Crippen LogP contribution in [-0.4, -0.2) is 12.8 Å². The monoisotopic (exact) mass is 292 g/mol. The number of hydrogen-bond donors (Lipinski definition) is 0. The Labute approximate surface area is 126 Å². The predicted molar refractivity (Wildman–Crippen MR) is 80.3 cm³/mol. The second-order valence-corrected chi connectivity index (χ2v) is 5.84. The van der Waals surface area contributed by atoms with E-state index in [1.807, 2.05) is 18.2 Å². The van der Waals surface area contributed by atoms with Crippen LogP contribution in [0.25, 0.3) is 0 Å². The number of benzene rings is 1. The summed E-state index contributed by atoms with van der Waals surface area (Å²) in [6.07, 6.45) is 4.92. The van der Waals surface area contributed by atoms with Gasteiger partial charge in [-0.3, -0.25) is 4.79 Å². The van der Waals surface area contributed by atoms with Crippen molar-refractivity contribution in [3.8, 4) is 11.5 Å². The summed E-state index contributed by atoms with van der Waals surface area (Å²) in [4.78, 5) is 11.7. The van der Waals surface area contributed by atoms with Crippen molar-refractivity contribution in [1.82, 2.24) is 0 Å². The van der Waals surface area contributed by atoms with Crippen molar-refractivity contribution in [1.29, 1.82) is 0 Å². The van der Waals surface area contributed by atoms with Gasteiger partial charge in [0, 0.05) is 6.42 Å². The lowest BCUT2D eigenvalue weighted by atomic mass is 10.0. The maximum Gasteiger partial charge on any atom is 0.306 e. The molecular formula is C17H24O4. The highest BCUT2D eigenvalue weighted by Crippen LogP contribution is 2.32. The molecule has 0 unspecified atom stereocenters. The predicted octanol–water partition coefficient (Wildman–Crippen LogP) is 4.07. The lowest BCUT2D eigenvalue weighted by Crippen LogP contribution is -2.04. The van der Waals surface area contributed by atoms with E-state index in [2.05, 4.69) is 13.8 Å². The Bertz CT molecular complexity index is 468. The van der Waals surface area contributed by atoms with E-state index in [1.54, 1.807) is 0 Å². The van der Waals surface area contributed by atoms with Gasteiger partial charge in [0.15, 0.2) is 11.5 Å². The molecule has 1 heterocycles. The number of unbranched alkanes of at least 4 members (excludes halogenated alkanes) is 2. The maximum atomic E-state index is 11.7. The Balaban J connectivity index is 1.62. The highest BCUT2D eigenvalue weighted by atomic mass is 16.7. The normalized spacial score (nSPS) is 12.7. The second-order valence-electron chi connectivity index (χ2n) is 5.84. The van der Waals surface area contributed by atoms with Crippen molar-refractivity contribution in [2.75, 3.05) is 6.79 Å². The van der Waals surface area contributed by atoms with Crippen molar-refractivity contribution in [2.24, 2.45) is 5.92 Å². The van der Waals surface area contributed by atoms with Crippen LogP contribution >= 0.6 is 0 Å². The van der Waals surface area contributed by atoms with Crippen LogP contribution in [0, 0.1) is 5.92 Å². The largest absolute Gasteiger partial charge is 0.461 e. The average molecular weight is 292 g/mol. The van der Waals surface area contributed by atoms with E-state index in [0.29, 0.717) is 13.0 Å². The van der Waals surface area contributed by atoms with Crippen LogP contribution in [0.15, 0.2) is 18.2 Å². The molecule has 4 heteroatoms. The summed E-state index contributed by atoms with van der Waals surface area (Å²) < 4.78 is 15.8. The number of hydrogen-bond acceptors (Lipinski definition) is 4. The SMILES string of the molecule is CC(C)CCCCCC(=O)OCc1ccc2c(c1)OCO2. The number of fused-ring (bicyclic) bond motifs is 1. The van der Waals surface area contributed by atoms with E-state index in [4.69, 9.17) is 14.2 Å². The van der Waals surface area contributed by atoms with Crippen molar-refractivity contribution in [3.63, 3.8) is 0 Å². The molecule has 1 aliphatic rings. The summed E-state index contributed by atoms with van der Waals surface area (Å²) in [7, 11) is 0. The molecule has 0 radical (unpaired) electrons. The van der Waals surface area contributed by atoms with Crippen LogP contribution in [0.3, 0.4) is 0 Å². The molecule has 1 aromatic carbocycles. The maximum absolute atomic E-state index is 11.7. The quantitative estimate of drug-likeness (QED) is 0.535. The fourth-order valence-corrected chi connectivity index (χ4v) is 2.27. The van der Waals surface area contributed by atoms with Crippen LogP contribution < -0.4 is 9.47 Å². The zero-order valence-corrected chi connectivity index (χ0v) is 12.9. The lowest BCUT2D eigenvalue weighted by Gasteiger charge is -2.06. The van der Waals surface area contributed by atoms with Gasteiger partial charge in [-0.1, -0.05) is 39.2 Å². The van der Waals surface area contributed by atoms with Gasteiger partial charge in [-0.2, -0.15) is 0 Å². The first-order chi connectivity index (χ1) is 10.1. The Morgan fingerprint density at radius 2 is 2.00 bits per heavy atom. The van der Waals surface area contributed by atoms with Crippen molar-refractivity contribution in [2.45, 2.75) is 52.6 Å². The minimum absolute atomic E-state index is 0.128. The van der Waals surface area contributed by atoms with Crippen LogP contribution in [0.5, 0.6) is 11.5 Å². The zero-order valence-electron chi connectivity index (χ0n) is 12.9. The van der Waals surface area contributed by atoms with Gasteiger partial charge in [0.05, 0.1) is 0 Å². The summed E-state index contributed by atoms with van der Waals surface area (Å²) >= 11 is 0. The molecule has 0 N–H and O–H groups in total. The van der Waals surface area contributed by atoms with Crippen molar-refractivity contribution in [3.05, 3.63) is 23.8 Å². The number of ether oxygens (including phenoxy) is 3. The van der Waals surface area contributed by atoms with E-state index >= 15 is 0 Å². The second kappa shape index (κ2) is 7.91. The molecule has 0 saturated carbocycles. The highest BCUT2D eigenvalue weighted by molar-refractivity contribution is 5.69. The van der Waals surface area contributed by atoms with Gasteiger partial charge in [0.25, 0.3) is 0 Å². The average Bonchev–Trinajstić information content (AvgIpc) is 2.92. The van der Waals surface area contributed by atoms with Crippen LogP contribution in [0.2, 0.25) is 0 Å². The summed E-state index contributed by atoms with van der Waals surface area (Å²) in [5.41, 5.74) is 0.924. The summed E-state index contributed by atoms with van der Waals surface area (Å²) in [5.74, 6) is 2.08. The first-order valence-corrected chi connectivity index (χ1v) is 7.69. The van der Waals surface area contributed by atoms with E-state index in [-0.39, 0.29) is 12.8 Å². The number of rotatable bonds is 8. The van der Waals surface area contributed by atoms with E-state index in [1.165, 1.54) is 12.8 Å². The molecule has 1 aromatic rings. The van der Waals surface area contributed by atoms with Gasteiger partial charge in [0.2, 0.25) is 6.79 Å². The smallest absolute Gasteiger partial charge is 0.306 e. The Morgan fingerprint density at radius 1 is 1.19 bits per heavy atom. The molecule has 0 amide bonds. The Kier molecular flexibility index (Phi) is 5.90. The third-order valence-corrected chi connectivity index (χ3v) is 3.50. The van der Waals surface area contributed by atoms with Crippen LogP contribution in [0.1, 0.15) is 51.5 Å². The third kappa shape index (κ3) is 5.29. The van der Waals surface area contributed by atoms with Crippen LogP contribution in [-0.2, 0) is 16.1 Å². The molecule has 0 atom stereocenters. The molecule has 116 valence electrons. The van der Waals surface area contributed by atoms with Crippen molar-refractivity contribution < 1.29 is 19.0 Å². The topological polar surface area (TPSA) is 44.8 Å². The Hall–Kier alpha value is -1.71. The minimum atomic E-state index is -0.128. The molecule has 0 bridgehead atoms. The Morgan fingerprint density at radius 3 is 2.81 bits per heavy atom. The van der Waals surface area contributed by atoms with E-state index in [9.17, 15) is 4.79 Å². The molecule has 1 aliphatic heterocycles. The summed E-state index contributed by atoms with van der Waals surface area (Å²) in [6.45, 7) is 5.00. The van der Waals surface area contributed by atoms with Gasteiger partial charge in [0.1, 0.15) is 6.61 Å². The zero-order chi connectivity index (χ0) is 15.1. The first-order valence-electron chi connectivity index (χ1n) is 7.69. The van der Waals surface area contributed by atoms with Gasteiger partial charge >= 0.3 is 5.97 Å². The molecule has 0 saturated heterocycles. The summed E-state index contributed by atoms with van der Waals surface area (Å²) in [5, 5.41) is 0. The van der Waals surface area contributed by atoms with E-state index in [0.717, 1.165) is 35.8 Å². The number of carbonyl (C=O) groups is 1. The fourth-order valence-electron chi connectivity index (χ4n) is 2.27. The molecule has 0 spiro atoms. The fraction of sp³-hybridized carbons (Fsp3) is 0.588. The first kappa shape index (κ1) is 15.7. The molecular weight excluding hydrogens is 268 g/mol. The highest BCUT2D eigenvalue weighted by Gasteiger charge is 2.13. The molecule has 21 heavy (non-hydrogen) atoms. The van der Waals surface area contributed by atoms with Gasteiger partial charge in [-0.15, -0.1) is 0 Å².